The molecule has 1 N–H and O–H groups in total. The van der Waals surface area contributed by atoms with Crippen molar-refractivity contribution in [2.75, 3.05) is 48.0 Å². The standard InChI is InChI=1S/C20H22ClN3O3/c1-15(25)24(14-20(26)22-17-7-3-2-6-16(17)21)19-9-5-4-8-18(19)23-10-12-27-13-11-23/h2-9H,10-14H2,1H3,(H,22,26). The Morgan fingerprint density at radius 3 is 2.48 bits per heavy atom. The maximum absolute atomic E-state index is 12.5. The normalized spacial score (nSPS) is 13.9. The van der Waals surface area contributed by atoms with Gasteiger partial charge in [-0.05, 0) is 24.3 Å². The summed E-state index contributed by atoms with van der Waals surface area (Å²) in [5, 5.41) is 3.22. The van der Waals surface area contributed by atoms with Gasteiger partial charge < -0.3 is 19.9 Å². The maximum Gasteiger partial charge on any atom is 0.244 e. The van der Waals surface area contributed by atoms with E-state index < -0.39 is 0 Å². The summed E-state index contributed by atoms with van der Waals surface area (Å²) in [6, 6.07) is 14.6. The zero-order chi connectivity index (χ0) is 19.2. The fraction of sp³-hybridized carbons (Fsp3) is 0.300. The Bertz CT molecular complexity index is 822. The van der Waals surface area contributed by atoms with Gasteiger partial charge in [-0.2, -0.15) is 0 Å². The van der Waals surface area contributed by atoms with Gasteiger partial charge >= 0.3 is 0 Å². The molecule has 0 unspecified atom stereocenters. The molecule has 0 bridgehead atoms. The predicted octanol–water partition coefficient (Wildman–Crippen LogP) is 3.17. The van der Waals surface area contributed by atoms with E-state index in [-0.39, 0.29) is 18.4 Å². The summed E-state index contributed by atoms with van der Waals surface area (Å²) in [7, 11) is 0. The van der Waals surface area contributed by atoms with Crippen molar-refractivity contribution in [3.63, 3.8) is 0 Å². The molecule has 1 heterocycles. The van der Waals surface area contributed by atoms with Gasteiger partial charge in [0.05, 0.1) is 35.3 Å². The summed E-state index contributed by atoms with van der Waals surface area (Å²) >= 11 is 6.10. The zero-order valence-electron chi connectivity index (χ0n) is 15.2. The molecule has 2 aromatic rings. The van der Waals surface area contributed by atoms with E-state index in [0.717, 1.165) is 18.8 Å². The molecular weight excluding hydrogens is 366 g/mol. The van der Waals surface area contributed by atoms with Crippen LogP contribution in [0, 0.1) is 0 Å². The molecule has 142 valence electrons. The number of benzene rings is 2. The van der Waals surface area contributed by atoms with Gasteiger partial charge in [-0.1, -0.05) is 35.9 Å². The Labute approximate surface area is 163 Å². The van der Waals surface area contributed by atoms with E-state index in [2.05, 4.69) is 10.2 Å². The third kappa shape index (κ3) is 4.78. The summed E-state index contributed by atoms with van der Waals surface area (Å²) in [6.45, 7) is 4.13. The number of ether oxygens (including phenoxy) is 1. The quantitative estimate of drug-likeness (QED) is 0.856. The lowest BCUT2D eigenvalue weighted by Crippen LogP contribution is -2.40. The number of carbonyl (C=O) groups excluding carboxylic acids is 2. The Hall–Kier alpha value is -2.57. The first-order valence-electron chi connectivity index (χ1n) is 8.80. The molecule has 1 aliphatic rings. The first kappa shape index (κ1) is 19.2. The van der Waals surface area contributed by atoms with Crippen LogP contribution in [0.15, 0.2) is 48.5 Å². The van der Waals surface area contributed by atoms with Crippen molar-refractivity contribution in [1.29, 1.82) is 0 Å². The highest BCUT2D eigenvalue weighted by Gasteiger charge is 2.22. The average molecular weight is 388 g/mol. The average Bonchev–Trinajstić information content (AvgIpc) is 2.68. The molecule has 2 aromatic carbocycles. The fourth-order valence-corrected chi connectivity index (χ4v) is 3.21. The van der Waals surface area contributed by atoms with Crippen molar-refractivity contribution in [3.05, 3.63) is 53.6 Å². The van der Waals surface area contributed by atoms with Gasteiger partial charge in [0.1, 0.15) is 6.54 Å². The minimum atomic E-state index is -0.310. The topological polar surface area (TPSA) is 61.9 Å². The van der Waals surface area contributed by atoms with Crippen LogP contribution in [0.2, 0.25) is 5.02 Å². The number of nitrogens with zero attached hydrogens (tertiary/aromatic N) is 2. The molecule has 0 aromatic heterocycles. The molecule has 7 heteroatoms. The van der Waals surface area contributed by atoms with Crippen LogP contribution < -0.4 is 15.1 Å². The summed E-state index contributed by atoms with van der Waals surface area (Å²) in [4.78, 5) is 28.5. The molecule has 1 aliphatic heterocycles. The van der Waals surface area contributed by atoms with Crippen LogP contribution in [0.5, 0.6) is 0 Å². The molecule has 6 nitrogen and oxygen atoms in total. The molecule has 1 saturated heterocycles. The van der Waals surface area contributed by atoms with Gasteiger partial charge in [-0.3, -0.25) is 9.59 Å². The van der Waals surface area contributed by atoms with Crippen molar-refractivity contribution in [3.8, 4) is 0 Å². The largest absolute Gasteiger partial charge is 0.378 e. The molecule has 0 aliphatic carbocycles. The van der Waals surface area contributed by atoms with E-state index >= 15 is 0 Å². The first-order chi connectivity index (χ1) is 13.1. The van der Waals surface area contributed by atoms with Crippen molar-refractivity contribution < 1.29 is 14.3 Å². The van der Waals surface area contributed by atoms with Crippen LogP contribution in [-0.2, 0) is 14.3 Å². The van der Waals surface area contributed by atoms with E-state index in [1.165, 1.54) is 11.8 Å². The molecule has 27 heavy (non-hydrogen) atoms. The monoisotopic (exact) mass is 387 g/mol. The van der Waals surface area contributed by atoms with Gasteiger partial charge in [-0.25, -0.2) is 0 Å². The summed E-state index contributed by atoms with van der Waals surface area (Å²) in [6.07, 6.45) is 0. The zero-order valence-corrected chi connectivity index (χ0v) is 15.9. The van der Waals surface area contributed by atoms with E-state index in [0.29, 0.717) is 29.6 Å². The second-order valence-corrected chi connectivity index (χ2v) is 6.63. The number of carbonyl (C=O) groups is 2. The van der Waals surface area contributed by atoms with Gasteiger partial charge in [0.15, 0.2) is 0 Å². The lowest BCUT2D eigenvalue weighted by Gasteiger charge is -2.33. The van der Waals surface area contributed by atoms with Gasteiger partial charge in [-0.15, -0.1) is 0 Å². The molecule has 0 radical (unpaired) electrons. The minimum absolute atomic E-state index is 0.0953. The highest BCUT2D eigenvalue weighted by molar-refractivity contribution is 6.33. The van der Waals surface area contributed by atoms with Gasteiger partial charge in [0.2, 0.25) is 11.8 Å². The smallest absolute Gasteiger partial charge is 0.244 e. The molecular formula is C20H22ClN3O3. The summed E-state index contributed by atoms with van der Waals surface area (Å²) in [5.74, 6) is -0.514. The van der Waals surface area contributed by atoms with Crippen molar-refractivity contribution >= 4 is 40.5 Å². The fourth-order valence-electron chi connectivity index (χ4n) is 3.03. The number of amides is 2. The second-order valence-electron chi connectivity index (χ2n) is 6.22. The van der Waals surface area contributed by atoms with Crippen molar-refractivity contribution in [2.24, 2.45) is 0 Å². The highest BCUT2D eigenvalue weighted by atomic mass is 35.5. The number of nitrogens with one attached hydrogen (secondary N) is 1. The van der Waals surface area contributed by atoms with Gasteiger partial charge in [0.25, 0.3) is 0 Å². The molecule has 2 amide bonds. The molecule has 0 saturated carbocycles. The lowest BCUT2D eigenvalue weighted by molar-refractivity contribution is -0.120. The van der Waals surface area contributed by atoms with Crippen LogP contribution in [0.4, 0.5) is 17.1 Å². The maximum atomic E-state index is 12.5. The van der Waals surface area contributed by atoms with Crippen LogP contribution in [0.1, 0.15) is 6.92 Å². The van der Waals surface area contributed by atoms with E-state index in [1.54, 1.807) is 24.3 Å². The Morgan fingerprint density at radius 2 is 1.78 bits per heavy atom. The van der Waals surface area contributed by atoms with Crippen LogP contribution >= 0.6 is 11.6 Å². The van der Waals surface area contributed by atoms with E-state index in [1.807, 2.05) is 24.3 Å². The van der Waals surface area contributed by atoms with E-state index in [4.69, 9.17) is 16.3 Å². The number of anilines is 3. The second kappa shape index (κ2) is 8.88. The number of halogens is 1. The van der Waals surface area contributed by atoms with Crippen molar-refractivity contribution in [1.82, 2.24) is 0 Å². The van der Waals surface area contributed by atoms with E-state index in [9.17, 15) is 9.59 Å². The minimum Gasteiger partial charge on any atom is -0.378 e. The number of para-hydroxylation sites is 3. The van der Waals surface area contributed by atoms with Crippen LogP contribution in [0.3, 0.4) is 0 Å². The number of rotatable bonds is 5. The Morgan fingerprint density at radius 1 is 1.11 bits per heavy atom. The van der Waals surface area contributed by atoms with Crippen LogP contribution in [-0.4, -0.2) is 44.7 Å². The van der Waals surface area contributed by atoms with Crippen molar-refractivity contribution in [2.45, 2.75) is 6.92 Å². The summed E-state index contributed by atoms with van der Waals surface area (Å²) in [5.41, 5.74) is 2.15. The summed E-state index contributed by atoms with van der Waals surface area (Å²) < 4.78 is 5.41. The Kier molecular flexibility index (Phi) is 6.32. The van der Waals surface area contributed by atoms with Gasteiger partial charge in [0, 0.05) is 20.0 Å². The number of hydrogen-bond acceptors (Lipinski definition) is 4. The molecule has 1 fully saturated rings. The molecule has 0 spiro atoms. The predicted molar refractivity (Wildman–Crippen MR) is 108 cm³/mol. The number of morpholine rings is 1. The highest BCUT2D eigenvalue weighted by Crippen LogP contribution is 2.30. The number of hydrogen-bond donors (Lipinski definition) is 1. The third-order valence-corrected chi connectivity index (χ3v) is 4.68. The Balaban J connectivity index is 1.81. The molecule has 3 rings (SSSR count). The SMILES string of the molecule is CC(=O)N(CC(=O)Nc1ccccc1Cl)c1ccccc1N1CCOCC1. The molecule has 0 atom stereocenters. The third-order valence-electron chi connectivity index (χ3n) is 4.35. The lowest BCUT2D eigenvalue weighted by atomic mass is 10.2. The first-order valence-corrected chi connectivity index (χ1v) is 9.18. The van der Waals surface area contributed by atoms with Crippen LogP contribution in [0.25, 0.3) is 0 Å².